The van der Waals surface area contributed by atoms with E-state index in [1.54, 1.807) is 11.8 Å². The van der Waals surface area contributed by atoms with E-state index in [0.29, 0.717) is 17.3 Å². The van der Waals surface area contributed by atoms with E-state index in [4.69, 9.17) is 74.3 Å². The first-order chi connectivity index (χ1) is 13.2. The van der Waals surface area contributed by atoms with Gasteiger partial charge in [-0.2, -0.15) is 0 Å². The van der Waals surface area contributed by atoms with Crippen LogP contribution in [0.15, 0.2) is 41.0 Å². The number of hydrogen-bond acceptors (Lipinski definition) is 3. The summed E-state index contributed by atoms with van der Waals surface area (Å²) in [6.07, 6.45) is 0. The van der Waals surface area contributed by atoms with Gasteiger partial charge in [-0.05, 0) is 19.1 Å². The van der Waals surface area contributed by atoms with Crippen molar-refractivity contribution in [3.8, 4) is 0 Å². The molecule has 0 atom stereocenters. The molecule has 3 nitrogen and oxygen atoms in total. The zero-order chi connectivity index (χ0) is 20.8. The summed E-state index contributed by atoms with van der Waals surface area (Å²) in [4.78, 5) is 12.6. The van der Waals surface area contributed by atoms with Crippen LogP contribution in [0.1, 0.15) is 6.92 Å². The van der Waals surface area contributed by atoms with Gasteiger partial charge in [-0.1, -0.05) is 18.2 Å². The first-order valence-electron chi connectivity index (χ1n) is 8.41. The van der Waals surface area contributed by atoms with Gasteiger partial charge in [0.25, 0.3) is 5.91 Å². The molecule has 1 aliphatic heterocycles. The molecule has 0 aromatic heterocycles. The molecule has 1 aromatic carbocycles. The van der Waals surface area contributed by atoms with Crippen molar-refractivity contribution in [3.63, 3.8) is 0 Å². The quantitative estimate of drug-likeness (QED) is 0.463. The van der Waals surface area contributed by atoms with Crippen molar-refractivity contribution in [2.45, 2.75) is 39.2 Å². The third kappa shape index (κ3) is 6.41. The minimum absolute atomic E-state index is 0.0894. The molecule has 0 saturated heterocycles. The summed E-state index contributed by atoms with van der Waals surface area (Å²) >= 11 is 36.8. The Morgan fingerprint density at radius 3 is 1.82 bits per heavy atom. The molecule has 2 aliphatic rings. The zero-order valence-corrected chi connectivity index (χ0v) is 20.1. The fourth-order valence-electron chi connectivity index (χ4n) is 2.49. The summed E-state index contributed by atoms with van der Waals surface area (Å²) in [5.41, 5.74) is 0.805. The van der Waals surface area contributed by atoms with E-state index in [-0.39, 0.29) is 5.91 Å². The number of allylic oxidation sites excluding steroid dienone is 1. The van der Waals surface area contributed by atoms with Crippen LogP contribution in [0.3, 0.4) is 0 Å². The SMILES string of the molecule is CC1=C(C(=O)Nc2ccccc2)SCCO1.ClC1C(Cl)C(Cl)C(Cl)C(Cl)C1Cl. The summed E-state index contributed by atoms with van der Waals surface area (Å²) in [5.74, 6) is 1.45. The predicted molar refractivity (Wildman–Crippen MR) is 124 cm³/mol. The number of halogens is 6. The van der Waals surface area contributed by atoms with Gasteiger partial charge in [-0.3, -0.25) is 4.79 Å². The van der Waals surface area contributed by atoms with E-state index in [1.165, 1.54) is 0 Å². The number of carbonyl (C=O) groups is 1. The molecule has 0 bridgehead atoms. The van der Waals surface area contributed by atoms with Gasteiger partial charge in [0.15, 0.2) is 0 Å². The number of anilines is 1. The number of carbonyl (C=O) groups excluding carboxylic acids is 1. The smallest absolute Gasteiger partial charge is 0.265 e. The van der Waals surface area contributed by atoms with E-state index in [9.17, 15) is 4.79 Å². The first kappa shape index (κ1) is 24.6. The minimum Gasteiger partial charge on any atom is -0.496 e. The van der Waals surface area contributed by atoms with E-state index >= 15 is 0 Å². The number of thioether (sulfide) groups is 1. The van der Waals surface area contributed by atoms with E-state index in [0.717, 1.165) is 11.4 Å². The van der Waals surface area contributed by atoms with Gasteiger partial charge < -0.3 is 10.1 Å². The zero-order valence-electron chi connectivity index (χ0n) is 14.8. The van der Waals surface area contributed by atoms with Crippen molar-refractivity contribution in [2.24, 2.45) is 0 Å². The van der Waals surface area contributed by atoms with Crippen LogP contribution in [0.5, 0.6) is 0 Å². The third-order valence-corrected chi connectivity index (χ3v) is 9.19. The lowest BCUT2D eigenvalue weighted by Gasteiger charge is -2.37. The summed E-state index contributed by atoms with van der Waals surface area (Å²) in [7, 11) is 0. The van der Waals surface area contributed by atoms with E-state index < -0.39 is 32.3 Å². The number of alkyl halides is 6. The van der Waals surface area contributed by atoms with Crippen molar-refractivity contribution < 1.29 is 9.53 Å². The van der Waals surface area contributed by atoms with Crippen molar-refractivity contribution in [2.75, 3.05) is 17.7 Å². The van der Waals surface area contributed by atoms with Crippen molar-refractivity contribution in [1.82, 2.24) is 0 Å². The number of nitrogens with one attached hydrogen (secondary N) is 1. The Labute approximate surface area is 199 Å². The molecule has 1 N–H and O–H groups in total. The van der Waals surface area contributed by atoms with Crippen LogP contribution in [-0.4, -0.2) is 50.5 Å². The van der Waals surface area contributed by atoms with Gasteiger partial charge in [-0.25, -0.2) is 0 Å². The Bertz CT molecular complexity index is 633. The molecular weight excluding hydrogens is 507 g/mol. The topological polar surface area (TPSA) is 38.3 Å². The molecule has 10 heteroatoms. The highest BCUT2D eigenvalue weighted by molar-refractivity contribution is 8.04. The Kier molecular flexibility index (Phi) is 10.2. The maximum atomic E-state index is 11.9. The lowest BCUT2D eigenvalue weighted by molar-refractivity contribution is -0.112. The molecule has 1 aromatic rings. The summed E-state index contributed by atoms with van der Waals surface area (Å²) in [5, 5.41) is 0.224. The van der Waals surface area contributed by atoms with Crippen LogP contribution in [0.2, 0.25) is 0 Å². The number of ether oxygens (including phenoxy) is 1. The highest BCUT2D eigenvalue weighted by Crippen LogP contribution is 2.39. The highest BCUT2D eigenvalue weighted by atomic mass is 35.5. The minimum atomic E-state index is -0.437. The first-order valence-corrected chi connectivity index (χ1v) is 12.0. The highest BCUT2D eigenvalue weighted by Gasteiger charge is 2.46. The molecule has 3 rings (SSSR count). The fraction of sp³-hybridized carbons (Fsp3) is 0.500. The number of para-hydroxylation sites is 1. The van der Waals surface area contributed by atoms with Gasteiger partial charge in [0.2, 0.25) is 0 Å². The Hall–Kier alpha value is 0.320. The van der Waals surface area contributed by atoms with Gasteiger partial charge >= 0.3 is 0 Å². The lowest BCUT2D eigenvalue weighted by Crippen LogP contribution is -2.52. The van der Waals surface area contributed by atoms with Crippen LogP contribution in [0.4, 0.5) is 5.69 Å². The Balaban J connectivity index is 0.000000209. The second-order valence-corrected chi connectivity index (χ2v) is 10.2. The molecule has 1 amide bonds. The average Bonchev–Trinajstić information content (AvgIpc) is 2.71. The molecular formula is C18H19Cl6NO2S. The Morgan fingerprint density at radius 2 is 1.39 bits per heavy atom. The van der Waals surface area contributed by atoms with Crippen LogP contribution < -0.4 is 5.32 Å². The van der Waals surface area contributed by atoms with Gasteiger partial charge in [-0.15, -0.1) is 81.4 Å². The third-order valence-electron chi connectivity index (χ3n) is 4.03. The molecule has 0 radical (unpaired) electrons. The second kappa shape index (κ2) is 11.6. The monoisotopic (exact) mass is 523 g/mol. The van der Waals surface area contributed by atoms with Crippen molar-refractivity contribution >= 4 is 93.0 Å². The van der Waals surface area contributed by atoms with E-state index in [1.807, 2.05) is 37.3 Å². The molecule has 156 valence electrons. The van der Waals surface area contributed by atoms with Gasteiger partial charge in [0.1, 0.15) is 10.7 Å². The Morgan fingerprint density at radius 1 is 0.929 bits per heavy atom. The molecule has 1 aliphatic carbocycles. The molecule has 1 heterocycles. The van der Waals surface area contributed by atoms with Crippen LogP contribution >= 0.6 is 81.4 Å². The average molecular weight is 526 g/mol. The maximum absolute atomic E-state index is 11.9. The number of hydrogen-bond donors (Lipinski definition) is 1. The van der Waals surface area contributed by atoms with E-state index in [2.05, 4.69) is 5.32 Å². The molecule has 1 fully saturated rings. The molecule has 1 saturated carbocycles. The van der Waals surface area contributed by atoms with Crippen LogP contribution in [-0.2, 0) is 9.53 Å². The van der Waals surface area contributed by atoms with Crippen LogP contribution in [0.25, 0.3) is 0 Å². The van der Waals surface area contributed by atoms with Gasteiger partial charge in [0.05, 0.1) is 38.9 Å². The van der Waals surface area contributed by atoms with Crippen molar-refractivity contribution in [3.05, 3.63) is 41.0 Å². The fourth-order valence-corrected chi connectivity index (χ4v) is 5.64. The van der Waals surface area contributed by atoms with Crippen molar-refractivity contribution in [1.29, 1.82) is 0 Å². The molecule has 28 heavy (non-hydrogen) atoms. The summed E-state index contributed by atoms with van der Waals surface area (Å²) < 4.78 is 5.35. The van der Waals surface area contributed by atoms with Crippen LogP contribution in [0, 0.1) is 0 Å². The number of rotatable bonds is 2. The molecule has 0 spiro atoms. The predicted octanol–water partition coefficient (Wildman–Crippen LogP) is 6.26. The number of benzene rings is 1. The number of amides is 1. The molecule has 0 unspecified atom stereocenters. The summed E-state index contributed by atoms with van der Waals surface area (Å²) in [6, 6.07) is 9.42. The normalized spacial score (nSPS) is 32.7. The maximum Gasteiger partial charge on any atom is 0.265 e. The second-order valence-electron chi connectivity index (χ2n) is 6.07. The summed E-state index contributed by atoms with van der Waals surface area (Å²) in [6.45, 7) is 2.50. The lowest BCUT2D eigenvalue weighted by atomic mass is 9.97. The largest absolute Gasteiger partial charge is 0.496 e. The van der Waals surface area contributed by atoms with Gasteiger partial charge in [0, 0.05) is 11.4 Å². The standard InChI is InChI=1S/C12H13NO2S.C6H6Cl6/c1-9-11(16-8-7-15-9)12(14)13-10-5-3-2-4-6-10;7-1-2(8)4(10)6(12)5(11)3(1)9/h2-6H,7-8H2,1H3,(H,13,14);1-6H.